The number of aromatic nitrogens is 2. The highest BCUT2D eigenvalue weighted by Crippen LogP contribution is 2.38. The van der Waals surface area contributed by atoms with Gasteiger partial charge in [0.1, 0.15) is 0 Å². The fraction of sp³-hybridized carbons (Fsp3) is 0. The molecule has 134 valence electrons. The van der Waals surface area contributed by atoms with E-state index in [1.807, 2.05) is 17.8 Å². The summed E-state index contributed by atoms with van der Waals surface area (Å²) in [5, 5.41) is 7.21. The third-order valence-electron chi connectivity index (χ3n) is 4.72. The van der Waals surface area contributed by atoms with Gasteiger partial charge in [-0.25, -0.2) is 4.98 Å². The molecule has 0 aliphatic heterocycles. The maximum absolute atomic E-state index is 4.75. The van der Waals surface area contributed by atoms with Crippen LogP contribution in [0.2, 0.25) is 0 Å². The standard InChI is InChI=1S/C24H17N2PS/c1-2-10-19(11-3-1)27(23-14-6-8-18-9-7-15-25-24(18)23)22-13-5-4-12-20(22)21-16-28-17-26-21/h1-17H. The van der Waals surface area contributed by atoms with Gasteiger partial charge in [0, 0.05) is 27.8 Å². The first-order chi connectivity index (χ1) is 13.9. The van der Waals surface area contributed by atoms with Crippen LogP contribution in [-0.4, -0.2) is 9.97 Å². The third kappa shape index (κ3) is 3.13. The predicted octanol–water partition coefficient (Wildman–Crippen LogP) is 5.12. The summed E-state index contributed by atoms with van der Waals surface area (Å²) in [5.41, 5.74) is 5.22. The smallest absolute Gasteiger partial charge is 0.0817 e. The Morgan fingerprint density at radius 3 is 2.32 bits per heavy atom. The zero-order valence-corrected chi connectivity index (χ0v) is 16.8. The highest BCUT2D eigenvalue weighted by atomic mass is 32.1. The minimum atomic E-state index is -0.769. The van der Waals surface area contributed by atoms with Gasteiger partial charge >= 0.3 is 0 Å². The van der Waals surface area contributed by atoms with Crippen LogP contribution in [0.1, 0.15) is 0 Å². The lowest BCUT2D eigenvalue weighted by atomic mass is 10.2. The Morgan fingerprint density at radius 1 is 0.679 bits per heavy atom. The molecule has 0 fully saturated rings. The summed E-state index contributed by atoms with van der Waals surface area (Å²) in [4.78, 5) is 9.34. The fourth-order valence-electron chi connectivity index (χ4n) is 3.48. The number of nitrogens with zero attached hydrogens (tertiary/aromatic N) is 2. The largest absolute Gasteiger partial charge is 0.256 e. The Kier molecular flexibility index (Phi) is 4.70. The molecule has 0 saturated heterocycles. The maximum atomic E-state index is 4.75. The van der Waals surface area contributed by atoms with Crippen molar-refractivity contribution in [1.29, 1.82) is 0 Å². The third-order valence-corrected chi connectivity index (χ3v) is 7.84. The molecule has 3 aromatic carbocycles. The molecule has 2 heterocycles. The molecule has 4 heteroatoms. The van der Waals surface area contributed by atoms with E-state index in [-0.39, 0.29) is 0 Å². The second-order valence-electron chi connectivity index (χ2n) is 6.41. The normalized spacial score (nSPS) is 12.1. The molecule has 1 atom stereocenters. The average Bonchev–Trinajstić information content (AvgIpc) is 3.30. The molecular formula is C24H17N2PS. The number of hydrogen-bond acceptors (Lipinski definition) is 3. The first-order valence-electron chi connectivity index (χ1n) is 9.08. The van der Waals surface area contributed by atoms with Crippen LogP contribution in [0, 0.1) is 0 Å². The van der Waals surface area contributed by atoms with Gasteiger partial charge in [-0.15, -0.1) is 11.3 Å². The van der Waals surface area contributed by atoms with E-state index in [1.165, 1.54) is 26.9 Å². The lowest BCUT2D eigenvalue weighted by Crippen LogP contribution is -2.23. The quantitative estimate of drug-likeness (QED) is 0.394. The second-order valence-corrected chi connectivity index (χ2v) is 9.28. The Bertz CT molecular complexity index is 1210. The van der Waals surface area contributed by atoms with Crippen LogP contribution in [0.25, 0.3) is 22.2 Å². The van der Waals surface area contributed by atoms with Gasteiger partial charge in [0.25, 0.3) is 0 Å². The van der Waals surface area contributed by atoms with Crippen molar-refractivity contribution in [1.82, 2.24) is 9.97 Å². The maximum Gasteiger partial charge on any atom is 0.0817 e. The topological polar surface area (TPSA) is 25.8 Å². The van der Waals surface area contributed by atoms with Crippen molar-refractivity contribution >= 4 is 46.1 Å². The SMILES string of the molecule is c1ccc(P(c2ccccc2-c2cscn2)c2cccc3cccnc23)cc1. The summed E-state index contributed by atoms with van der Waals surface area (Å²) in [6.07, 6.45) is 1.89. The van der Waals surface area contributed by atoms with Crippen LogP contribution >= 0.6 is 19.3 Å². The first-order valence-corrected chi connectivity index (χ1v) is 11.4. The van der Waals surface area contributed by atoms with Gasteiger partial charge in [0.05, 0.1) is 16.7 Å². The summed E-state index contributed by atoms with van der Waals surface area (Å²) >= 11 is 1.63. The highest BCUT2D eigenvalue weighted by molar-refractivity contribution is 7.80. The molecule has 0 N–H and O–H groups in total. The zero-order chi connectivity index (χ0) is 18.8. The van der Waals surface area contributed by atoms with Gasteiger partial charge in [-0.05, 0) is 24.6 Å². The molecule has 0 aliphatic carbocycles. The number of para-hydroxylation sites is 1. The Hall–Kier alpha value is -2.87. The number of rotatable bonds is 4. The molecule has 2 nitrogen and oxygen atoms in total. The van der Waals surface area contributed by atoms with Crippen LogP contribution in [0.15, 0.2) is 102 Å². The molecule has 0 aliphatic rings. The van der Waals surface area contributed by atoms with E-state index in [2.05, 4.69) is 89.2 Å². The molecule has 0 radical (unpaired) electrons. The van der Waals surface area contributed by atoms with Crippen molar-refractivity contribution in [2.24, 2.45) is 0 Å². The Morgan fingerprint density at radius 2 is 1.46 bits per heavy atom. The van der Waals surface area contributed by atoms with E-state index in [0.717, 1.165) is 11.2 Å². The van der Waals surface area contributed by atoms with Crippen molar-refractivity contribution < 1.29 is 0 Å². The molecule has 2 aromatic heterocycles. The summed E-state index contributed by atoms with van der Waals surface area (Å²) in [6, 6.07) is 30.1. The van der Waals surface area contributed by atoms with E-state index in [4.69, 9.17) is 4.98 Å². The molecule has 0 saturated carbocycles. The monoisotopic (exact) mass is 396 g/mol. The van der Waals surface area contributed by atoms with E-state index in [1.54, 1.807) is 11.3 Å². The van der Waals surface area contributed by atoms with Gasteiger partial charge in [0.2, 0.25) is 0 Å². The molecule has 0 spiro atoms. The van der Waals surface area contributed by atoms with E-state index >= 15 is 0 Å². The molecular weight excluding hydrogens is 379 g/mol. The van der Waals surface area contributed by atoms with Crippen molar-refractivity contribution in [2.45, 2.75) is 0 Å². The Balaban J connectivity index is 1.81. The number of fused-ring (bicyclic) bond motifs is 1. The number of hydrogen-bond donors (Lipinski definition) is 0. The average molecular weight is 396 g/mol. The lowest BCUT2D eigenvalue weighted by molar-refractivity contribution is 1.42. The van der Waals surface area contributed by atoms with Crippen molar-refractivity contribution in [2.75, 3.05) is 0 Å². The second kappa shape index (κ2) is 7.63. The number of benzene rings is 3. The van der Waals surface area contributed by atoms with Gasteiger partial charge in [0.15, 0.2) is 0 Å². The van der Waals surface area contributed by atoms with Crippen LogP contribution in [0.5, 0.6) is 0 Å². The lowest BCUT2D eigenvalue weighted by Gasteiger charge is -2.22. The minimum absolute atomic E-state index is 0.769. The van der Waals surface area contributed by atoms with Crippen LogP contribution in [0.4, 0.5) is 0 Å². The first kappa shape index (κ1) is 17.2. The van der Waals surface area contributed by atoms with Crippen molar-refractivity contribution in [3.8, 4) is 11.3 Å². The summed E-state index contributed by atoms with van der Waals surface area (Å²) in [6.45, 7) is 0. The number of thiazole rings is 1. The Labute approximate surface area is 169 Å². The van der Waals surface area contributed by atoms with E-state index < -0.39 is 7.92 Å². The minimum Gasteiger partial charge on any atom is -0.256 e. The van der Waals surface area contributed by atoms with Crippen LogP contribution < -0.4 is 15.9 Å². The molecule has 28 heavy (non-hydrogen) atoms. The van der Waals surface area contributed by atoms with Crippen LogP contribution in [-0.2, 0) is 0 Å². The van der Waals surface area contributed by atoms with Crippen molar-refractivity contribution in [3.05, 3.63) is 102 Å². The zero-order valence-electron chi connectivity index (χ0n) is 15.1. The molecule has 0 bridgehead atoms. The summed E-state index contributed by atoms with van der Waals surface area (Å²) in [5.74, 6) is 0. The molecule has 0 amide bonds. The number of pyridine rings is 1. The predicted molar refractivity (Wildman–Crippen MR) is 122 cm³/mol. The van der Waals surface area contributed by atoms with E-state index in [0.29, 0.717) is 0 Å². The summed E-state index contributed by atoms with van der Waals surface area (Å²) in [7, 11) is -0.769. The highest BCUT2D eigenvalue weighted by Gasteiger charge is 2.22. The van der Waals surface area contributed by atoms with Gasteiger partial charge < -0.3 is 0 Å². The van der Waals surface area contributed by atoms with Gasteiger partial charge in [-0.1, -0.05) is 78.9 Å². The molecule has 5 rings (SSSR count). The fourth-order valence-corrected chi connectivity index (χ4v) is 6.62. The van der Waals surface area contributed by atoms with Gasteiger partial charge in [-0.3, -0.25) is 4.98 Å². The molecule has 5 aromatic rings. The van der Waals surface area contributed by atoms with Crippen LogP contribution in [0.3, 0.4) is 0 Å². The van der Waals surface area contributed by atoms with Crippen molar-refractivity contribution in [3.63, 3.8) is 0 Å². The summed E-state index contributed by atoms with van der Waals surface area (Å²) < 4.78 is 0. The van der Waals surface area contributed by atoms with Gasteiger partial charge in [-0.2, -0.15) is 0 Å². The van der Waals surface area contributed by atoms with E-state index in [9.17, 15) is 0 Å². The molecule has 1 unspecified atom stereocenters.